The van der Waals surface area contributed by atoms with Crippen molar-refractivity contribution in [2.75, 3.05) is 19.7 Å². The van der Waals surface area contributed by atoms with Gasteiger partial charge in [-0.05, 0) is 26.7 Å². The van der Waals surface area contributed by atoms with Gasteiger partial charge in [-0.1, -0.05) is 5.16 Å². The summed E-state index contributed by atoms with van der Waals surface area (Å²) in [6.45, 7) is 5.68. The topological polar surface area (TPSA) is 75.8 Å². The van der Waals surface area contributed by atoms with Gasteiger partial charge in [0.05, 0.1) is 17.9 Å². The Morgan fingerprint density at radius 1 is 1.57 bits per heavy atom. The highest BCUT2D eigenvalue weighted by Crippen LogP contribution is 2.51. The summed E-state index contributed by atoms with van der Waals surface area (Å²) < 4.78 is 10.8. The number of piperidine rings is 1. The zero-order valence-electron chi connectivity index (χ0n) is 12.5. The van der Waals surface area contributed by atoms with Crippen molar-refractivity contribution < 1.29 is 19.2 Å². The van der Waals surface area contributed by atoms with Crippen LogP contribution in [0.3, 0.4) is 0 Å². The first-order valence-electron chi connectivity index (χ1n) is 7.59. The molecule has 21 heavy (non-hydrogen) atoms. The maximum absolute atomic E-state index is 12.3. The van der Waals surface area contributed by atoms with Crippen LogP contribution in [0.2, 0.25) is 0 Å². The quantitative estimate of drug-likeness (QED) is 0.911. The Morgan fingerprint density at radius 2 is 2.29 bits per heavy atom. The first-order valence-corrected chi connectivity index (χ1v) is 7.59. The predicted molar refractivity (Wildman–Crippen MR) is 74.8 cm³/mol. The van der Waals surface area contributed by atoms with E-state index in [1.54, 1.807) is 17.9 Å². The van der Waals surface area contributed by atoms with E-state index in [-0.39, 0.29) is 23.5 Å². The van der Waals surface area contributed by atoms with Crippen molar-refractivity contribution in [2.45, 2.75) is 45.3 Å². The molecule has 0 aromatic carbocycles. The van der Waals surface area contributed by atoms with Crippen molar-refractivity contribution in [3.63, 3.8) is 0 Å². The number of ether oxygens (including phenoxy) is 1. The number of hydrogen-bond donors (Lipinski definition) is 1. The van der Waals surface area contributed by atoms with E-state index < -0.39 is 0 Å². The van der Waals surface area contributed by atoms with Crippen molar-refractivity contribution in [1.29, 1.82) is 0 Å². The molecule has 0 bridgehead atoms. The number of aliphatic hydroxyl groups is 1. The van der Waals surface area contributed by atoms with Crippen LogP contribution in [0.4, 0.5) is 0 Å². The van der Waals surface area contributed by atoms with Gasteiger partial charge in [-0.3, -0.25) is 4.79 Å². The zero-order valence-corrected chi connectivity index (χ0v) is 12.5. The van der Waals surface area contributed by atoms with Crippen LogP contribution in [-0.2, 0) is 4.74 Å². The van der Waals surface area contributed by atoms with Gasteiger partial charge < -0.3 is 19.3 Å². The fraction of sp³-hybridized carbons (Fsp3) is 0.733. The molecule has 2 fully saturated rings. The second kappa shape index (κ2) is 5.42. The van der Waals surface area contributed by atoms with Gasteiger partial charge in [0.1, 0.15) is 0 Å². The van der Waals surface area contributed by atoms with E-state index in [2.05, 4.69) is 5.16 Å². The number of amides is 1. The Kier molecular flexibility index (Phi) is 3.75. The number of aliphatic hydroxyl groups excluding tert-OH is 1. The molecule has 6 nitrogen and oxygen atoms in total. The molecule has 1 N–H and O–H groups in total. The Balaban J connectivity index is 1.63. The smallest absolute Gasteiger partial charge is 0.292 e. The lowest BCUT2D eigenvalue weighted by Gasteiger charge is -2.56. The van der Waals surface area contributed by atoms with Gasteiger partial charge in [0.25, 0.3) is 5.91 Å². The summed E-state index contributed by atoms with van der Waals surface area (Å²) in [7, 11) is 0. The second-order valence-electron chi connectivity index (χ2n) is 6.05. The molecule has 2 atom stereocenters. The number of carbonyl (C=O) groups excluding carboxylic acids is 1. The molecule has 3 rings (SSSR count). The molecule has 1 amide bonds. The van der Waals surface area contributed by atoms with Gasteiger partial charge in [-0.15, -0.1) is 0 Å². The van der Waals surface area contributed by atoms with E-state index in [1.807, 2.05) is 6.92 Å². The Bertz CT molecular complexity index is 517. The van der Waals surface area contributed by atoms with Gasteiger partial charge >= 0.3 is 0 Å². The molecule has 0 unspecified atom stereocenters. The number of likely N-dealkylation sites (tertiary alicyclic amines) is 1. The lowest BCUT2D eigenvalue weighted by Crippen LogP contribution is -2.62. The molecule has 116 valence electrons. The van der Waals surface area contributed by atoms with Crippen LogP contribution in [0.25, 0.3) is 0 Å². The van der Waals surface area contributed by atoms with Crippen LogP contribution in [0, 0.1) is 12.3 Å². The average molecular weight is 294 g/mol. The molecule has 2 heterocycles. The fourth-order valence-electron chi connectivity index (χ4n) is 3.56. The maximum atomic E-state index is 12.3. The molecule has 1 aromatic rings. The van der Waals surface area contributed by atoms with E-state index in [4.69, 9.17) is 9.26 Å². The SMILES string of the molecule is CCO[C@@H]1C[C@@H](O)C12CCN(C(=O)c1cc(C)no1)CC2. The zero-order chi connectivity index (χ0) is 15.0. The van der Waals surface area contributed by atoms with Crippen molar-refractivity contribution in [3.8, 4) is 0 Å². The average Bonchev–Trinajstić information content (AvgIpc) is 2.93. The number of hydrogen-bond acceptors (Lipinski definition) is 5. The van der Waals surface area contributed by atoms with Crippen LogP contribution in [-0.4, -0.2) is 53.0 Å². The lowest BCUT2D eigenvalue weighted by molar-refractivity contribution is -0.207. The summed E-state index contributed by atoms with van der Waals surface area (Å²) >= 11 is 0. The molecule has 1 aliphatic heterocycles. The largest absolute Gasteiger partial charge is 0.392 e. The molecule has 6 heteroatoms. The van der Waals surface area contributed by atoms with E-state index >= 15 is 0 Å². The van der Waals surface area contributed by atoms with Crippen molar-refractivity contribution in [3.05, 3.63) is 17.5 Å². The third-order valence-electron chi connectivity index (χ3n) is 4.93. The summed E-state index contributed by atoms with van der Waals surface area (Å²) in [5.41, 5.74) is 0.544. The summed E-state index contributed by atoms with van der Waals surface area (Å²) in [4.78, 5) is 14.1. The Hall–Kier alpha value is -1.40. The molecule has 1 saturated carbocycles. The third-order valence-corrected chi connectivity index (χ3v) is 4.93. The molecule has 1 saturated heterocycles. The molecule has 1 aromatic heterocycles. The molecule has 2 aliphatic rings. The first-order chi connectivity index (χ1) is 10.1. The third kappa shape index (κ3) is 2.36. The number of aryl methyl sites for hydroxylation is 1. The van der Waals surface area contributed by atoms with E-state index in [9.17, 15) is 9.90 Å². The summed E-state index contributed by atoms with van der Waals surface area (Å²) in [5.74, 6) is 0.172. The normalized spacial score (nSPS) is 27.7. The maximum Gasteiger partial charge on any atom is 0.292 e. The Labute approximate surface area is 124 Å². The first kappa shape index (κ1) is 14.5. The molecule has 0 radical (unpaired) electrons. The minimum atomic E-state index is -0.307. The standard InChI is InChI=1S/C15H22N2O4/c1-3-20-13-9-12(18)15(13)4-6-17(7-5-15)14(19)11-8-10(2)16-21-11/h8,12-13,18H,3-7,9H2,1-2H3/t12-,13-/m1/s1. The lowest BCUT2D eigenvalue weighted by atomic mass is 9.58. The predicted octanol–water partition coefficient (Wildman–Crippen LogP) is 1.38. The van der Waals surface area contributed by atoms with Crippen molar-refractivity contribution >= 4 is 5.91 Å². The highest BCUT2D eigenvalue weighted by Gasteiger charge is 2.56. The van der Waals surface area contributed by atoms with Gasteiger partial charge in [-0.25, -0.2) is 0 Å². The van der Waals surface area contributed by atoms with E-state index in [1.165, 1.54) is 0 Å². The van der Waals surface area contributed by atoms with Crippen LogP contribution in [0.1, 0.15) is 42.4 Å². The summed E-state index contributed by atoms with van der Waals surface area (Å²) in [6.07, 6.45) is 2.08. The van der Waals surface area contributed by atoms with Crippen LogP contribution in [0.15, 0.2) is 10.6 Å². The fourth-order valence-corrected chi connectivity index (χ4v) is 3.56. The highest BCUT2D eigenvalue weighted by atomic mass is 16.5. The van der Waals surface area contributed by atoms with Crippen LogP contribution < -0.4 is 0 Å². The van der Waals surface area contributed by atoms with Crippen LogP contribution in [0.5, 0.6) is 0 Å². The summed E-state index contributed by atoms with van der Waals surface area (Å²) in [6, 6.07) is 1.66. The van der Waals surface area contributed by atoms with Gasteiger partial charge in [0.15, 0.2) is 0 Å². The molecular formula is C15H22N2O4. The van der Waals surface area contributed by atoms with Gasteiger partial charge in [-0.2, -0.15) is 0 Å². The molecule has 1 aliphatic carbocycles. The second-order valence-corrected chi connectivity index (χ2v) is 6.05. The summed E-state index contributed by atoms with van der Waals surface area (Å²) in [5, 5.41) is 13.9. The number of carbonyl (C=O) groups is 1. The van der Waals surface area contributed by atoms with Crippen LogP contribution >= 0.6 is 0 Å². The van der Waals surface area contributed by atoms with Crippen molar-refractivity contribution in [1.82, 2.24) is 10.1 Å². The van der Waals surface area contributed by atoms with E-state index in [0.29, 0.717) is 37.6 Å². The number of rotatable bonds is 3. The molecule has 1 spiro atoms. The van der Waals surface area contributed by atoms with Gasteiger partial charge in [0, 0.05) is 37.6 Å². The highest BCUT2D eigenvalue weighted by molar-refractivity contribution is 5.91. The minimum Gasteiger partial charge on any atom is -0.392 e. The number of aromatic nitrogens is 1. The number of nitrogens with zero attached hydrogens (tertiary/aromatic N) is 2. The minimum absolute atomic E-state index is 0.118. The monoisotopic (exact) mass is 294 g/mol. The molecular weight excluding hydrogens is 272 g/mol. The Morgan fingerprint density at radius 3 is 2.81 bits per heavy atom. The van der Waals surface area contributed by atoms with E-state index in [0.717, 1.165) is 12.8 Å². The van der Waals surface area contributed by atoms with Crippen molar-refractivity contribution in [2.24, 2.45) is 5.41 Å². The van der Waals surface area contributed by atoms with Gasteiger partial charge in [0.2, 0.25) is 5.76 Å².